The van der Waals surface area contributed by atoms with E-state index in [0.717, 1.165) is 10.8 Å². The Hall–Kier alpha value is -3.36. The van der Waals surface area contributed by atoms with Gasteiger partial charge in [0.15, 0.2) is 6.10 Å². The summed E-state index contributed by atoms with van der Waals surface area (Å²) < 4.78 is 10.3. The molecule has 0 saturated heterocycles. The summed E-state index contributed by atoms with van der Waals surface area (Å²) in [6, 6.07) is 20.3. The van der Waals surface area contributed by atoms with Crippen molar-refractivity contribution in [2.75, 3.05) is 31.3 Å². The minimum absolute atomic E-state index is 0.145. The van der Waals surface area contributed by atoms with E-state index in [9.17, 15) is 14.4 Å². The van der Waals surface area contributed by atoms with Crippen LogP contribution < -0.4 is 10.6 Å². The number of rotatable bonds is 10. The molecule has 172 valence electrons. The molecule has 0 fully saturated rings. The van der Waals surface area contributed by atoms with Gasteiger partial charge in [-0.15, -0.1) is 11.8 Å². The SMILES string of the molecule is COCCNC(=O)CSc1ccccc1C(=O)OC(C)C(=O)Nc1ccc2ccccc2c1. The van der Waals surface area contributed by atoms with Gasteiger partial charge in [0.05, 0.1) is 17.9 Å². The van der Waals surface area contributed by atoms with Gasteiger partial charge in [-0.25, -0.2) is 4.79 Å². The zero-order valence-corrected chi connectivity index (χ0v) is 19.3. The molecule has 3 aromatic rings. The van der Waals surface area contributed by atoms with Crippen molar-refractivity contribution in [3.05, 3.63) is 72.3 Å². The highest BCUT2D eigenvalue weighted by Gasteiger charge is 2.21. The molecular formula is C25H26N2O5S. The van der Waals surface area contributed by atoms with Crippen LogP contribution in [0.5, 0.6) is 0 Å². The first-order valence-corrected chi connectivity index (χ1v) is 11.4. The molecule has 1 unspecified atom stereocenters. The van der Waals surface area contributed by atoms with Gasteiger partial charge in [-0.1, -0.05) is 42.5 Å². The summed E-state index contributed by atoms with van der Waals surface area (Å²) in [7, 11) is 1.56. The smallest absolute Gasteiger partial charge is 0.340 e. The predicted octanol–water partition coefficient (Wildman–Crippen LogP) is 3.88. The van der Waals surface area contributed by atoms with E-state index in [1.54, 1.807) is 37.4 Å². The molecule has 3 rings (SSSR count). The quantitative estimate of drug-likeness (QED) is 0.268. The van der Waals surface area contributed by atoms with Gasteiger partial charge in [-0.05, 0) is 42.0 Å². The number of carbonyl (C=O) groups is 3. The lowest BCUT2D eigenvalue weighted by Gasteiger charge is -2.15. The van der Waals surface area contributed by atoms with Crippen LogP contribution in [0.2, 0.25) is 0 Å². The maximum Gasteiger partial charge on any atom is 0.340 e. The fourth-order valence-electron chi connectivity index (χ4n) is 3.04. The van der Waals surface area contributed by atoms with Crippen LogP contribution in [-0.2, 0) is 19.1 Å². The van der Waals surface area contributed by atoms with E-state index in [4.69, 9.17) is 9.47 Å². The van der Waals surface area contributed by atoms with Crippen LogP contribution in [0.3, 0.4) is 0 Å². The Morgan fingerprint density at radius 1 is 0.970 bits per heavy atom. The van der Waals surface area contributed by atoms with Gasteiger partial charge in [0.2, 0.25) is 5.91 Å². The molecule has 0 aliphatic carbocycles. The zero-order valence-electron chi connectivity index (χ0n) is 18.5. The summed E-state index contributed by atoms with van der Waals surface area (Å²) in [5.41, 5.74) is 0.926. The third-order valence-corrected chi connectivity index (χ3v) is 5.84. The molecule has 8 heteroatoms. The number of esters is 1. The normalized spacial score (nSPS) is 11.6. The zero-order chi connectivity index (χ0) is 23.6. The molecule has 0 aromatic heterocycles. The molecule has 0 aliphatic heterocycles. The summed E-state index contributed by atoms with van der Waals surface area (Å²) in [5, 5.41) is 7.58. The van der Waals surface area contributed by atoms with Gasteiger partial charge >= 0.3 is 5.97 Å². The first-order chi connectivity index (χ1) is 16.0. The Labute approximate surface area is 196 Å². The molecule has 0 saturated carbocycles. The molecule has 33 heavy (non-hydrogen) atoms. The second kappa shape index (κ2) is 12.0. The van der Waals surface area contributed by atoms with Crippen LogP contribution in [0, 0.1) is 0 Å². The fraction of sp³-hybridized carbons (Fsp3) is 0.240. The maximum atomic E-state index is 12.7. The first kappa shape index (κ1) is 24.3. The van der Waals surface area contributed by atoms with Crippen molar-refractivity contribution < 1.29 is 23.9 Å². The Kier molecular flexibility index (Phi) is 8.86. The van der Waals surface area contributed by atoms with Crippen molar-refractivity contribution in [1.29, 1.82) is 0 Å². The van der Waals surface area contributed by atoms with Crippen molar-refractivity contribution in [3.8, 4) is 0 Å². The Morgan fingerprint density at radius 2 is 1.70 bits per heavy atom. The van der Waals surface area contributed by atoms with Crippen LogP contribution in [0.25, 0.3) is 10.8 Å². The Morgan fingerprint density at radius 3 is 2.48 bits per heavy atom. The van der Waals surface area contributed by atoms with Crippen molar-refractivity contribution in [2.24, 2.45) is 0 Å². The standard InChI is InChI=1S/C25H26N2O5S/c1-17(24(29)27-20-12-11-18-7-3-4-8-19(18)15-20)32-25(30)21-9-5-6-10-22(21)33-16-23(28)26-13-14-31-2/h3-12,15,17H,13-14,16H2,1-2H3,(H,26,28)(H,27,29). The van der Waals surface area contributed by atoms with Gasteiger partial charge in [-0.3, -0.25) is 9.59 Å². The topological polar surface area (TPSA) is 93.7 Å². The van der Waals surface area contributed by atoms with Gasteiger partial charge < -0.3 is 20.1 Å². The van der Waals surface area contributed by atoms with Gasteiger partial charge in [0.25, 0.3) is 5.91 Å². The molecule has 7 nitrogen and oxygen atoms in total. The van der Waals surface area contributed by atoms with Crippen molar-refractivity contribution in [2.45, 2.75) is 17.9 Å². The van der Waals surface area contributed by atoms with Crippen LogP contribution in [0.4, 0.5) is 5.69 Å². The number of amides is 2. The number of nitrogens with one attached hydrogen (secondary N) is 2. The Balaban J connectivity index is 1.58. The molecule has 0 spiro atoms. The van der Waals surface area contributed by atoms with E-state index in [1.165, 1.54) is 18.7 Å². The van der Waals surface area contributed by atoms with E-state index in [0.29, 0.717) is 29.3 Å². The summed E-state index contributed by atoms with van der Waals surface area (Å²) in [6.45, 7) is 2.37. The number of ether oxygens (including phenoxy) is 2. The molecule has 0 aliphatic rings. The van der Waals surface area contributed by atoms with Crippen LogP contribution in [-0.4, -0.2) is 49.9 Å². The summed E-state index contributed by atoms with van der Waals surface area (Å²) in [5.74, 6) is -1.07. The number of anilines is 1. The van der Waals surface area contributed by atoms with Crippen molar-refractivity contribution in [1.82, 2.24) is 5.32 Å². The fourth-order valence-corrected chi connectivity index (χ4v) is 3.91. The lowest BCUT2D eigenvalue weighted by atomic mass is 10.1. The molecule has 2 N–H and O–H groups in total. The van der Waals surface area contributed by atoms with E-state index in [1.807, 2.05) is 36.4 Å². The number of methoxy groups -OCH3 is 1. The summed E-state index contributed by atoms with van der Waals surface area (Å²) in [4.78, 5) is 37.9. The second-order valence-corrected chi connectivity index (χ2v) is 8.24. The van der Waals surface area contributed by atoms with Gasteiger partial charge in [0.1, 0.15) is 0 Å². The highest BCUT2D eigenvalue weighted by Crippen LogP contribution is 2.24. The van der Waals surface area contributed by atoms with Gasteiger partial charge in [0, 0.05) is 24.2 Å². The number of thioether (sulfide) groups is 1. The number of fused-ring (bicyclic) bond motifs is 1. The average Bonchev–Trinajstić information content (AvgIpc) is 2.83. The summed E-state index contributed by atoms with van der Waals surface area (Å²) >= 11 is 1.23. The highest BCUT2D eigenvalue weighted by atomic mass is 32.2. The molecule has 3 aromatic carbocycles. The van der Waals surface area contributed by atoms with E-state index >= 15 is 0 Å². The van der Waals surface area contributed by atoms with Crippen molar-refractivity contribution in [3.63, 3.8) is 0 Å². The monoisotopic (exact) mass is 466 g/mol. The third kappa shape index (κ3) is 7.06. The number of carbonyl (C=O) groups excluding carboxylic acids is 3. The second-order valence-electron chi connectivity index (χ2n) is 7.23. The molecule has 0 radical (unpaired) electrons. The van der Waals surface area contributed by atoms with Gasteiger partial charge in [-0.2, -0.15) is 0 Å². The third-order valence-electron chi connectivity index (χ3n) is 4.76. The van der Waals surface area contributed by atoms with E-state index in [-0.39, 0.29) is 11.7 Å². The van der Waals surface area contributed by atoms with E-state index in [2.05, 4.69) is 10.6 Å². The number of hydrogen-bond donors (Lipinski definition) is 2. The number of hydrogen-bond acceptors (Lipinski definition) is 6. The lowest BCUT2D eigenvalue weighted by Crippen LogP contribution is -2.30. The van der Waals surface area contributed by atoms with Crippen LogP contribution >= 0.6 is 11.8 Å². The molecular weight excluding hydrogens is 440 g/mol. The minimum atomic E-state index is -1.00. The summed E-state index contributed by atoms with van der Waals surface area (Å²) in [6.07, 6.45) is -1.00. The lowest BCUT2D eigenvalue weighted by molar-refractivity contribution is -0.123. The largest absolute Gasteiger partial charge is 0.449 e. The molecule has 1 atom stereocenters. The highest BCUT2D eigenvalue weighted by molar-refractivity contribution is 8.00. The van der Waals surface area contributed by atoms with Crippen LogP contribution in [0.15, 0.2) is 71.6 Å². The average molecular weight is 467 g/mol. The first-order valence-electron chi connectivity index (χ1n) is 10.5. The predicted molar refractivity (Wildman–Crippen MR) is 130 cm³/mol. The maximum absolute atomic E-state index is 12.7. The van der Waals surface area contributed by atoms with E-state index < -0.39 is 18.0 Å². The minimum Gasteiger partial charge on any atom is -0.449 e. The molecule has 0 bridgehead atoms. The molecule has 2 amide bonds. The van der Waals surface area contributed by atoms with Crippen LogP contribution in [0.1, 0.15) is 17.3 Å². The Bertz CT molecular complexity index is 1130. The number of benzene rings is 3. The molecule has 0 heterocycles. The van der Waals surface area contributed by atoms with Crippen molar-refractivity contribution >= 4 is 46.0 Å².